The average Bonchev–Trinajstić information content (AvgIpc) is 3.16. The maximum atomic E-state index is 12.8. The van der Waals surface area contributed by atoms with E-state index in [0.717, 1.165) is 44.1 Å². The van der Waals surface area contributed by atoms with Gasteiger partial charge in [-0.05, 0) is 55.8 Å². The zero-order valence-electron chi connectivity index (χ0n) is 15.6. The molecule has 0 radical (unpaired) electrons. The van der Waals surface area contributed by atoms with Crippen LogP contribution < -0.4 is 11.1 Å². The van der Waals surface area contributed by atoms with Crippen molar-refractivity contribution in [1.29, 1.82) is 0 Å². The van der Waals surface area contributed by atoms with Crippen LogP contribution in [0.3, 0.4) is 0 Å². The van der Waals surface area contributed by atoms with Crippen LogP contribution in [0.4, 0.5) is 0 Å². The monoisotopic (exact) mass is 415 g/mol. The van der Waals surface area contributed by atoms with Crippen molar-refractivity contribution in [3.05, 3.63) is 29.8 Å². The molecule has 0 unspecified atom stereocenters. The maximum absolute atomic E-state index is 12.8. The second kappa shape index (κ2) is 9.87. The van der Waals surface area contributed by atoms with Crippen LogP contribution in [-0.2, 0) is 21.4 Å². The zero-order chi connectivity index (χ0) is 18.6. The Balaban J connectivity index is 0.00000261. The number of halogens is 1. The minimum Gasteiger partial charge on any atom is -0.352 e. The number of rotatable bonds is 6. The van der Waals surface area contributed by atoms with Gasteiger partial charge in [0.2, 0.25) is 15.9 Å². The fourth-order valence-corrected chi connectivity index (χ4v) is 5.64. The number of nitrogens with one attached hydrogen (secondary N) is 1. The van der Waals surface area contributed by atoms with Gasteiger partial charge in [-0.3, -0.25) is 4.79 Å². The molecule has 1 aromatic rings. The van der Waals surface area contributed by atoms with Gasteiger partial charge in [-0.15, -0.1) is 12.4 Å². The van der Waals surface area contributed by atoms with Crippen LogP contribution in [0.15, 0.2) is 29.2 Å². The van der Waals surface area contributed by atoms with Crippen molar-refractivity contribution in [2.75, 3.05) is 19.6 Å². The van der Waals surface area contributed by atoms with Crippen molar-refractivity contribution in [3.63, 3.8) is 0 Å². The van der Waals surface area contributed by atoms with Gasteiger partial charge in [0.1, 0.15) is 0 Å². The van der Waals surface area contributed by atoms with Gasteiger partial charge in [-0.1, -0.05) is 25.0 Å². The van der Waals surface area contributed by atoms with E-state index in [1.807, 2.05) is 6.07 Å². The average molecular weight is 416 g/mol. The number of nitrogens with zero attached hydrogens (tertiary/aromatic N) is 1. The molecule has 0 bridgehead atoms. The van der Waals surface area contributed by atoms with Crippen LogP contribution in [0.2, 0.25) is 0 Å². The highest BCUT2D eigenvalue weighted by Crippen LogP contribution is 2.31. The molecule has 1 saturated carbocycles. The lowest BCUT2D eigenvalue weighted by molar-refractivity contribution is -0.126. The molecule has 3 rings (SSSR count). The number of piperidine rings is 1. The van der Waals surface area contributed by atoms with Crippen molar-refractivity contribution >= 4 is 28.3 Å². The number of carbonyl (C=O) groups excluding carboxylic acids is 1. The van der Waals surface area contributed by atoms with E-state index in [4.69, 9.17) is 5.73 Å². The molecule has 0 spiro atoms. The Morgan fingerprint density at radius 3 is 2.59 bits per heavy atom. The second-order valence-electron chi connectivity index (χ2n) is 7.36. The minimum absolute atomic E-state index is 0. The number of carbonyl (C=O) groups is 1. The van der Waals surface area contributed by atoms with Crippen molar-refractivity contribution in [1.82, 2.24) is 9.62 Å². The Morgan fingerprint density at radius 1 is 1.15 bits per heavy atom. The molecular formula is C19H30ClN3O3S. The van der Waals surface area contributed by atoms with E-state index < -0.39 is 10.0 Å². The van der Waals surface area contributed by atoms with Crippen molar-refractivity contribution < 1.29 is 13.2 Å². The van der Waals surface area contributed by atoms with Gasteiger partial charge in [-0.2, -0.15) is 4.31 Å². The van der Waals surface area contributed by atoms with Crippen LogP contribution >= 0.6 is 12.4 Å². The number of nitrogens with two attached hydrogens (primary N) is 1. The standard InChI is InChI=1S/C19H29N3O3S.ClH/c20-13-16-7-5-9-18(16)19(23)21-14-15-6-4-8-17(12-15)26(24,25)22-10-2-1-3-11-22;/h4,6,8,12,16,18H,1-3,5,7,9-11,13-14,20H2,(H,21,23);1H/t16-,18-;/m1./s1. The highest BCUT2D eigenvalue weighted by atomic mass is 35.5. The molecular weight excluding hydrogens is 386 g/mol. The Kier molecular flexibility index (Phi) is 8.09. The lowest BCUT2D eigenvalue weighted by Crippen LogP contribution is -2.36. The van der Waals surface area contributed by atoms with E-state index in [1.54, 1.807) is 22.5 Å². The lowest BCUT2D eigenvalue weighted by Gasteiger charge is -2.26. The van der Waals surface area contributed by atoms with E-state index in [9.17, 15) is 13.2 Å². The Bertz CT molecular complexity index is 735. The summed E-state index contributed by atoms with van der Waals surface area (Å²) in [6.07, 6.45) is 5.86. The smallest absolute Gasteiger partial charge is 0.243 e. The summed E-state index contributed by atoms with van der Waals surface area (Å²) >= 11 is 0. The number of hydrogen-bond acceptors (Lipinski definition) is 4. The molecule has 2 atom stereocenters. The highest BCUT2D eigenvalue weighted by molar-refractivity contribution is 7.89. The molecule has 1 amide bonds. The normalized spacial score (nSPS) is 23.6. The van der Waals surface area contributed by atoms with E-state index >= 15 is 0 Å². The molecule has 2 fully saturated rings. The first-order chi connectivity index (χ1) is 12.5. The van der Waals surface area contributed by atoms with Crippen LogP contribution in [0.5, 0.6) is 0 Å². The molecule has 152 valence electrons. The van der Waals surface area contributed by atoms with E-state index in [0.29, 0.717) is 31.1 Å². The third-order valence-corrected chi connectivity index (χ3v) is 7.51. The first-order valence-corrected chi connectivity index (χ1v) is 11.0. The van der Waals surface area contributed by atoms with Crippen LogP contribution in [-0.4, -0.2) is 38.3 Å². The van der Waals surface area contributed by atoms with Gasteiger partial charge in [0, 0.05) is 25.6 Å². The fourth-order valence-electron chi connectivity index (χ4n) is 4.05. The predicted octanol–water partition coefficient (Wildman–Crippen LogP) is 2.27. The highest BCUT2D eigenvalue weighted by Gasteiger charge is 2.31. The summed E-state index contributed by atoms with van der Waals surface area (Å²) in [5.41, 5.74) is 6.56. The van der Waals surface area contributed by atoms with Gasteiger partial charge in [0.15, 0.2) is 0 Å². The second-order valence-corrected chi connectivity index (χ2v) is 9.30. The molecule has 1 heterocycles. The number of benzene rings is 1. The molecule has 3 N–H and O–H groups in total. The fraction of sp³-hybridized carbons (Fsp3) is 0.632. The molecule has 6 nitrogen and oxygen atoms in total. The Morgan fingerprint density at radius 2 is 1.89 bits per heavy atom. The van der Waals surface area contributed by atoms with Crippen LogP contribution in [0, 0.1) is 11.8 Å². The topological polar surface area (TPSA) is 92.5 Å². The van der Waals surface area contributed by atoms with Crippen molar-refractivity contribution in [2.24, 2.45) is 17.6 Å². The van der Waals surface area contributed by atoms with E-state index in [-0.39, 0.29) is 30.2 Å². The summed E-state index contributed by atoms with van der Waals surface area (Å²) in [7, 11) is -3.45. The maximum Gasteiger partial charge on any atom is 0.243 e. The van der Waals surface area contributed by atoms with E-state index in [1.165, 1.54) is 0 Å². The van der Waals surface area contributed by atoms with Crippen LogP contribution in [0.25, 0.3) is 0 Å². The number of amides is 1. The van der Waals surface area contributed by atoms with Gasteiger partial charge < -0.3 is 11.1 Å². The quantitative estimate of drug-likeness (QED) is 0.745. The zero-order valence-corrected chi connectivity index (χ0v) is 17.2. The summed E-state index contributed by atoms with van der Waals surface area (Å²) in [5, 5.41) is 2.96. The molecule has 27 heavy (non-hydrogen) atoms. The molecule has 0 aromatic heterocycles. The number of sulfonamides is 1. The van der Waals surface area contributed by atoms with Gasteiger partial charge in [0.25, 0.3) is 0 Å². The molecule has 8 heteroatoms. The van der Waals surface area contributed by atoms with Crippen LogP contribution in [0.1, 0.15) is 44.1 Å². The molecule has 1 aliphatic heterocycles. The first kappa shape index (κ1) is 22.1. The molecule has 2 aliphatic rings. The Labute approximate surface area is 168 Å². The van der Waals surface area contributed by atoms with Crippen molar-refractivity contribution in [2.45, 2.75) is 50.0 Å². The molecule has 1 saturated heterocycles. The molecule has 1 aliphatic carbocycles. The summed E-state index contributed by atoms with van der Waals surface area (Å²) in [6, 6.07) is 6.91. The minimum atomic E-state index is -3.45. The SMILES string of the molecule is Cl.NC[C@H]1CCC[C@H]1C(=O)NCc1cccc(S(=O)(=O)N2CCCCC2)c1. The summed E-state index contributed by atoms with van der Waals surface area (Å²) in [4.78, 5) is 12.7. The molecule has 1 aromatic carbocycles. The predicted molar refractivity (Wildman–Crippen MR) is 108 cm³/mol. The van der Waals surface area contributed by atoms with Crippen molar-refractivity contribution in [3.8, 4) is 0 Å². The largest absolute Gasteiger partial charge is 0.352 e. The summed E-state index contributed by atoms with van der Waals surface area (Å²) < 4.78 is 27.2. The van der Waals surface area contributed by atoms with Gasteiger partial charge in [-0.25, -0.2) is 8.42 Å². The summed E-state index contributed by atoms with van der Waals surface area (Å²) in [5.74, 6) is 0.281. The van der Waals surface area contributed by atoms with Gasteiger partial charge in [0.05, 0.1) is 4.90 Å². The third kappa shape index (κ3) is 5.22. The first-order valence-electron chi connectivity index (χ1n) is 9.59. The van der Waals surface area contributed by atoms with E-state index in [2.05, 4.69) is 5.32 Å². The number of hydrogen-bond donors (Lipinski definition) is 2. The third-order valence-electron chi connectivity index (χ3n) is 5.62. The lowest BCUT2D eigenvalue weighted by atomic mass is 9.95. The van der Waals surface area contributed by atoms with Gasteiger partial charge >= 0.3 is 0 Å². The Hall–Kier alpha value is -1.15. The summed E-state index contributed by atoms with van der Waals surface area (Å²) in [6.45, 7) is 2.06.